The predicted octanol–water partition coefficient (Wildman–Crippen LogP) is 1.39. The molecule has 0 radical (unpaired) electrons. The molecule has 1 saturated heterocycles. The fourth-order valence-electron chi connectivity index (χ4n) is 3.36. The Morgan fingerprint density at radius 1 is 0.967 bits per heavy atom. The van der Waals surface area contributed by atoms with Crippen LogP contribution in [-0.2, 0) is 17.8 Å². The van der Waals surface area contributed by atoms with E-state index in [2.05, 4.69) is 5.32 Å². The van der Waals surface area contributed by atoms with E-state index < -0.39 is 6.03 Å². The average molecular weight is 410 g/mol. The van der Waals surface area contributed by atoms with Gasteiger partial charge in [-0.2, -0.15) is 0 Å². The first-order valence-electron chi connectivity index (χ1n) is 9.78. The fraction of sp³-hybridized carbons (Fsp3) is 0.318. The third-order valence-electron chi connectivity index (χ3n) is 5.08. The number of benzene rings is 2. The Morgan fingerprint density at radius 3 is 2.27 bits per heavy atom. The summed E-state index contributed by atoms with van der Waals surface area (Å²) in [5.41, 5.74) is 7.40. The normalized spacial score (nSPS) is 13.6. The van der Waals surface area contributed by atoms with E-state index in [1.807, 2.05) is 24.3 Å². The smallest absolute Gasteiger partial charge is 0.312 e. The molecule has 1 fully saturated rings. The molecule has 8 heteroatoms. The van der Waals surface area contributed by atoms with Crippen LogP contribution in [0.25, 0.3) is 0 Å². The summed E-state index contributed by atoms with van der Waals surface area (Å²) in [6.07, 6.45) is 0.311. The lowest BCUT2D eigenvalue weighted by Crippen LogP contribution is -2.51. The number of carbonyl (C=O) groups excluding carboxylic acids is 3. The van der Waals surface area contributed by atoms with Crippen LogP contribution in [0.2, 0.25) is 0 Å². The monoisotopic (exact) mass is 410 g/mol. The molecule has 1 aliphatic heterocycles. The summed E-state index contributed by atoms with van der Waals surface area (Å²) in [6.45, 7) is 2.32. The van der Waals surface area contributed by atoms with Crippen LogP contribution in [0.5, 0.6) is 5.75 Å². The number of nitrogens with one attached hydrogen (secondary N) is 1. The topological polar surface area (TPSA) is 105 Å². The summed E-state index contributed by atoms with van der Waals surface area (Å²) in [4.78, 5) is 39.7. The molecule has 3 rings (SSSR count). The van der Waals surface area contributed by atoms with Crippen LogP contribution in [0, 0.1) is 0 Å². The van der Waals surface area contributed by atoms with E-state index in [0.717, 1.165) is 16.9 Å². The Balaban J connectivity index is 1.51. The second-order valence-corrected chi connectivity index (χ2v) is 7.12. The lowest BCUT2D eigenvalue weighted by Gasteiger charge is -2.35. The Labute approximate surface area is 175 Å². The summed E-state index contributed by atoms with van der Waals surface area (Å²) < 4.78 is 5.20. The van der Waals surface area contributed by atoms with Crippen molar-refractivity contribution in [2.45, 2.75) is 13.0 Å². The van der Waals surface area contributed by atoms with Crippen molar-refractivity contribution in [2.24, 2.45) is 5.73 Å². The molecular formula is C22H26N4O4. The number of primary amides is 1. The highest BCUT2D eigenvalue weighted by Gasteiger charge is 2.25. The van der Waals surface area contributed by atoms with Crippen molar-refractivity contribution in [1.29, 1.82) is 0 Å². The molecule has 0 unspecified atom stereocenters. The summed E-state index contributed by atoms with van der Waals surface area (Å²) in [7, 11) is 1.60. The molecule has 1 aliphatic rings. The van der Waals surface area contributed by atoms with E-state index in [4.69, 9.17) is 10.5 Å². The number of methoxy groups -OCH3 is 1. The van der Waals surface area contributed by atoms with Crippen LogP contribution in [0.1, 0.15) is 21.5 Å². The molecular weight excluding hydrogens is 384 g/mol. The number of nitrogens with zero attached hydrogens (tertiary/aromatic N) is 2. The molecule has 8 nitrogen and oxygen atoms in total. The van der Waals surface area contributed by atoms with Crippen LogP contribution in [0.4, 0.5) is 4.79 Å². The zero-order valence-electron chi connectivity index (χ0n) is 17.0. The second kappa shape index (κ2) is 9.78. The SMILES string of the molecule is COc1cccc(CC(=O)N2CCN(C(=O)c3ccc(CNC(N)=O)cc3)CC2)c1. The minimum absolute atomic E-state index is 0.0432. The molecule has 0 aliphatic carbocycles. The van der Waals surface area contributed by atoms with Crippen LogP contribution >= 0.6 is 0 Å². The highest BCUT2D eigenvalue weighted by atomic mass is 16.5. The van der Waals surface area contributed by atoms with Crippen LogP contribution in [-0.4, -0.2) is 60.9 Å². The number of rotatable bonds is 6. The van der Waals surface area contributed by atoms with Gasteiger partial charge in [0.1, 0.15) is 5.75 Å². The maximum atomic E-state index is 12.7. The zero-order chi connectivity index (χ0) is 21.5. The van der Waals surface area contributed by atoms with Gasteiger partial charge in [0, 0.05) is 38.3 Å². The van der Waals surface area contributed by atoms with Crippen molar-refractivity contribution in [3.8, 4) is 5.75 Å². The molecule has 158 valence electrons. The highest BCUT2D eigenvalue weighted by molar-refractivity contribution is 5.94. The first-order chi connectivity index (χ1) is 14.5. The van der Waals surface area contributed by atoms with Gasteiger partial charge in [0.15, 0.2) is 0 Å². The predicted molar refractivity (Wildman–Crippen MR) is 112 cm³/mol. The Hall–Kier alpha value is -3.55. The molecule has 1 heterocycles. The molecule has 0 spiro atoms. The van der Waals surface area contributed by atoms with Crippen molar-refractivity contribution in [3.05, 3.63) is 65.2 Å². The van der Waals surface area contributed by atoms with Gasteiger partial charge in [0.05, 0.1) is 13.5 Å². The molecule has 4 amide bonds. The van der Waals surface area contributed by atoms with Crippen molar-refractivity contribution in [1.82, 2.24) is 15.1 Å². The van der Waals surface area contributed by atoms with Crippen LogP contribution in [0.3, 0.4) is 0 Å². The van der Waals surface area contributed by atoms with Gasteiger partial charge in [-0.3, -0.25) is 9.59 Å². The van der Waals surface area contributed by atoms with Crippen molar-refractivity contribution < 1.29 is 19.1 Å². The van der Waals surface area contributed by atoms with E-state index >= 15 is 0 Å². The van der Waals surface area contributed by atoms with E-state index in [1.54, 1.807) is 41.2 Å². The second-order valence-electron chi connectivity index (χ2n) is 7.12. The number of ether oxygens (including phenoxy) is 1. The minimum Gasteiger partial charge on any atom is -0.497 e. The lowest BCUT2D eigenvalue weighted by atomic mass is 10.1. The third kappa shape index (κ3) is 5.50. The van der Waals surface area contributed by atoms with E-state index in [1.165, 1.54) is 0 Å². The molecule has 2 aromatic carbocycles. The standard InChI is InChI=1S/C22H26N4O4/c1-30-19-4-2-3-17(13-19)14-20(27)25-9-11-26(12-10-25)21(28)18-7-5-16(6-8-18)15-24-22(23)29/h2-8,13H,9-12,14-15H2,1H3,(H3,23,24,29). The number of urea groups is 1. The molecule has 30 heavy (non-hydrogen) atoms. The number of hydrogen-bond acceptors (Lipinski definition) is 4. The number of hydrogen-bond donors (Lipinski definition) is 2. The van der Waals surface area contributed by atoms with Gasteiger partial charge in [-0.15, -0.1) is 0 Å². The number of nitrogens with two attached hydrogens (primary N) is 1. The van der Waals surface area contributed by atoms with Crippen LogP contribution < -0.4 is 15.8 Å². The quantitative estimate of drug-likeness (QED) is 0.751. The van der Waals surface area contributed by atoms with E-state index in [9.17, 15) is 14.4 Å². The van der Waals surface area contributed by atoms with Gasteiger partial charge in [0.2, 0.25) is 5.91 Å². The summed E-state index contributed by atoms with van der Waals surface area (Å²) in [6, 6.07) is 13.9. The Morgan fingerprint density at radius 2 is 1.63 bits per heavy atom. The first kappa shape index (κ1) is 21.2. The van der Waals surface area contributed by atoms with Crippen molar-refractivity contribution in [2.75, 3.05) is 33.3 Å². The molecule has 3 N–H and O–H groups in total. The van der Waals surface area contributed by atoms with Gasteiger partial charge in [-0.05, 0) is 35.4 Å². The number of piperazine rings is 1. The lowest BCUT2D eigenvalue weighted by molar-refractivity contribution is -0.131. The van der Waals surface area contributed by atoms with Crippen molar-refractivity contribution >= 4 is 17.8 Å². The van der Waals surface area contributed by atoms with E-state index in [0.29, 0.717) is 44.7 Å². The van der Waals surface area contributed by atoms with Gasteiger partial charge >= 0.3 is 6.03 Å². The first-order valence-corrected chi connectivity index (χ1v) is 9.78. The number of amides is 4. The third-order valence-corrected chi connectivity index (χ3v) is 5.08. The molecule has 2 aromatic rings. The van der Waals surface area contributed by atoms with E-state index in [-0.39, 0.29) is 11.8 Å². The largest absolute Gasteiger partial charge is 0.497 e. The summed E-state index contributed by atoms with van der Waals surface area (Å²) in [5.74, 6) is 0.707. The maximum Gasteiger partial charge on any atom is 0.312 e. The Kier molecular flexibility index (Phi) is 6.90. The number of carbonyl (C=O) groups is 3. The zero-order valence-corrected chi connectivity index (χ0v) is 17.0. The molecule has 0 atom stereocenters. The average Bonchev–Trinajstić information content (AvgIpc) is 2.77. The van der Waals surface area contributed by atoms with Gasteiger partial charge in [-0.25, -0.2) is 4.79 Å². The Bertz CT molecular complexity index is 906. The van der Waals surface area contributed by atoms with Gasteiger partial charge in [0.25, 0.3) is 5.91 Å². The molecule has 0 aromatic heterocycles. The van der Waals surface area contributed by atoms with Gasteiger partial charge < -0.3 is 25.6 Å². The summed E-state index contributed by atoms with van der Waals surface area (Å²) >= 11 is 0. The van der Waals surface area contributed by atoms with Crippen LogP contribution in [0.15, 0.2) is 48.5 Å². The van der Waals surface area contributed by atoms with Gasteiger partial charge in [-0.1, -0.05) is 24.3 Å². The minimum atomic E-state index is -0.589. The van der Waals surface area contributed by atoms with Crippen molar-refractivity contribution in [3.63, 3.8) is 0 Å². The molecule has 0 bridgehead atoms. The maximum absolute atomic E-state index is 12.7. The molecule has 0 saturated carbocycles. The highest BCUT2D eigenvalue weighted by Crippen LogP contribution is 2.15. The fourth-order valence-corrected chi connectivity index (χ4v) is 3.36. The summed E-state index contributed by atoms with van der Waals surface area (Å²) in [5, 5.41) is 2.51.